The van der Waals surface area contributed by atoms with Crippen molar-refractivity contribution in [1.29, 1.82) is 0 Å². The first-order chi connectivity index (χ1) is 4.95. The molecule has 0 N–H and O–H groups in total. The van der Waals surface area contributed by atoms with E-state index in [1.54, 1.807) is 7.11 Å². The van der Waals surface area contributed by atoms with Crippen molar-refractivity contribution in [2.24, 2.45) is 0 Å². The first kappa shape index (κ1) is 11.9. The smallest absolute Gasteiger partial charge is 0.183 e. The molecule has 0 aliphatic heterocycles. The van der Waals surface area contributed by atoms with Crippen LogP contribution in [0.5, 0.6) is 0 Å². The van der Waals surface area contributed by atoms with E-state index in [0.717, 1.165) is 13.2 Å². The summed E-state index contributed by atoms with van der Waals surface area (Å²) in [5, 5.41) is 0. The van der Waals surface area contributed by atoms with Gasteiger partial charge >= 0.3 is 0 Å². The Hall–Kier alpha value is 0.867. The summed E-state index contributed by atoms with van der Waals surface area (Å²) in [7, 11) is 0.413. The fourth-order valence-corrected chi connectivity index (χ4v) is 2.15. The summed E-state index contributed by atoms with van der Waals surface area (Å²) < 4.78 is 11.2. The van der Waals surface area contributed by atoms with E-state index < -0.39 is 8.32 Å². The lowest BCUT2D eigenvalue weighted by atomic mass is 10.5. The zero-order valence-corrected chi connectivity index (χ0v) is 10.8. The standard InChI is InChI=1S/C7H17IO2Si/c1-9-5-7(8)6-10-11(2,3)4/h7H,5-6H2,1-4H3. The maximum Gasteiger partial charge on any atom is 0.183 e. The van der Waals surface area contributed by atoms with Crippen LogP contribution in [0.2, 0.25) is 19.6 Å². The van der Waals surface area contributed by atoms with Gasteiger partial charge < -0.3 is 9.16 Å². The predicted octanol–water partition coefficient (Wildman–Crippen LogP) is 2.29. The zero-order chi connectivity index (χ0) is 8.91. The summed E-state index contributed by atoms with van der Waals surface area (Å²) in [6, 6.07) is 0. The highest BCUT2D eigenvalue weighted by molar-refractivity contribution is 14.1. The topological polar surface area (TPSA) is 18.5 Å². The van der Waals surface area contributed by atoms with Gasteiger partial charge in [0.05, 0.1) is 10.5 Å². The average molecular weight is 288 g/mol. The lowest BCUT2D eigenvalue weighted by molar-refractivity contribution is 0.180. The maximum atomic E-state index is 5.70. The minimum absolute atomic E-state index is 0.490. The third-order valence-electron chi connectivity index (χ3n) is 1.04. The van der Waals surface area contributed by atoms with E-state index in [4.69, 9.17) is 9.16 Å². The van der Waals surface area contributed by atoms with Gasteiger partial charge in [-0.2, -0.15) is 0 Å². The van der Waals surface area contributed by atoms with Crippen LogP contribution in [0.25, 0.3) is 0 Å². The van der Waals surface area contributed by atoms with Crippen molar-refractivity contribution >= 4 is 30.9 Å². The van der Waals surface area contributed by atoms with Gasteiger partial charge in [-0.1, -0.05) is 22.6 Å². The van der Waals surface area contributed by atoms with Crippen LogP contribution in [0.3, 0.4) is 0 Å². The molecule has 0 radical (unpaired) electrons. The van der Waals surface area contributed by atoms with E-state index in [-0.39, 0.29) is 0 Å². The molecule has 0 fully saturated rings. The van der Waals surface area contributed by atoms with Gasteiger partial charge in [0.15, 0.2) is 8.32 Å². The van der Waals surface area contributed by atoms with Crippen LogP contribution in [0.4, 0.5) is 0 Å². The van der Waals surface area contributed by atoms with Gasteiger partial charge in [0.1, 0.15) is 0 Å². The van der Waals surface area contributed by atoms with Crippen molar-refractivity contribution in [1.82, 2.24) is 0 Å². The van der Waals surface area contributed by atoms with Crippen LogP contribution in [-0.4, -0.2) is 32.6 Å². The first-order valence-corrected chi connectivity index (χ1v) is 8.38. The third-order valence-corrected chi connectivity index (χ3v) is 2.80. The van der Waals surface area contributed by atoms with Gasteiger partial charge in [0.25, 0.3) is 0 Å². The number of hydrogen-bond acceptors (Lipinski definition) is 2. The second-order valence-electron chi connectivity index (χ2n) is 3.48. The molecule has 0 saturated carbocycles. The molecule has 0 aliphatic carbocycles. The van der Waals surface area contributed by atoms with E-state index in [2.05, 4.69) is 42.2 Å². The highest BCUT2D eigenvalue weighted by atomic mass is 127. The number of halogens is 1. The molecule has 0 bridgehead atoms. The Kier molecular flexibility index (Phi) is 5.94. The van der Waals surface area contributed by atoms with Crippen LogP contribution in [0.15, 0.2) is 0 Å². The highest BCUT2D eigenvalue weighted by Crippen LogP contribution is 2.07. The molecular weight excluding hydrogens is 271 g/mol. The summed E-state index contributed by atoms with van der Waals surface area (Å²) in [5.74, 6) is 0. The minimum Gasteiger partial charge on any atom is -0.416 e. The van der Waals surface area contributed by atoms with Crippen molar-refractivity contribution in [3.63, 3.8) is 0 Å². The third kappa shape index (κ3) is 8.78. The molecule has 0 aromatic rings. The molecule has 0 aromatic carbocycles. The van der Waals surface area contributed by atoms with Crippen LogP contribution in [-0.2, 0) is 9.16 Å². The van der Waals surface area contributed by atoms with Crippen LogP contribution < -0.4 is 0 Å². The van der Waals surface area contributed by atoms with Gasteiger partial charge in [0, 0.05) is 13.7 Å². The van der Waals surface area contributed by atoms with Gasteiger partial charge in [-0.25, -0.2) is 0 Å². The predicted molar refractivity (Wildman–Crippen MR) is 59.0 cm³/mol. The second-order valence-corrected chi connectivity index (χ2v) is 9.75. The van der Waals surface area contributed by atoms with E-state index in [1.807, 2.05) is 0 Å². The van der Waals surface area contributed by atoms with Crippen molar-refractivity contribution < 1.29 is 9.16 Å². The number of hydrogen-bond donors (Lipinski definition) is 0. The van der Waals surface area contributed by atoms with Gasteiger partial charge in [-0.3, -0.25) is 0 Å². The molecule has 68 valence electrons. The van der Waals surface area contributed by atoms with Crippen molar-refractivity contribution in [3.8, 4) is 0 Å². The second kappa shape index (κ2) is 5.50. The molecule has 0 aliphatic rings. The molecular formula is C7H17IO2Si. The Morgan fingerprint density at radius 1 is 1.27 bits per heavy atom. The lowest BCUT2D eigenvalue weighted by Crippen LogP contribution is -2.29. The molecule has 0 rings (SSSR count). The van der Waals surface area contributed by atoms with E-state index in [0.29, 0.717) is 3.92 Å². The Morgan fingerprint density at radius 2 is 1.82 bits per heavy atom. The molecule has 1 unspecified atom stereocenters. The maximum absolute atomic E-state index is 5.70. The highest BCUT2D eigenvalue weighted by Gasteiger charge is 2.15. The first-order valence-electron chi connectivity index (χ1n) is 3.72. The quantitative estimate of drug-likeness (QED) is 0.439. The molecule has 0 amide bonds. The summed E-state index contributed by atoms with van der Waals surface area (Å²) in [5.41, 5.74) is 0. The Bertz CT molecular complexity index is 103. The Morgan fingerprint density at radius 3 is 2.18 bits per heavy atom. The van der Waals surface area contributed by atoms with Gasteiger partial charge in [-0.15, -0.1) is 0 Å². The fourth-order valence-electron chi connectivity index (χ4n) is 0.569. The summed E-state index contributed by atoms with van der Waals surface area (Å²) in [6.07, 6.45) is 0. The molecule has 0 aromatic heterocycles. The van der Waals surface area contributed by atoms with E-state index >= 15 is 0 Å². The van der Waals surface area contributed by atoms with Crippen LogP contribution >= 0.6 is 22.6 Å². The average Bonchev–Trinajstić information content (AvgIpc) is 1.83. The monoisotopic (exact) mass is 288 g/mol. The van der Waals surface area contributed by atoms with Gasteiger partial charge in [-0.05, 0) is 19.6 Å². The molecule has 11 heavy (non-hydrogen) atoms. The lowest BCUT2D eigenvalue weighted by Gasteiger charge is -2.19. The number of ether oxygens (including phenoxy) is 1. The zero-order valence-electron chi connectivity index (χ0n) is 7.69. The van der Waals surface area contributed by atoms with E-state index in [1.165, 1.54) is 0 Å². The summed E-state index contributed by atoms with van der Waals surface area (Å²) >= 11 is 2.35. The van der Waals surface area contributed by atoms with Crippen molar-refractivity contribution in [2.45, 2.75) is 23.6 Å². The Labute approximate surface area is 83.9 Å². The van der Waals surface area contributed by atoms with Crippen LogP contribution in [0, 0.1) is 0 Å². The van der Waals surface area contributed by atoms with Crippen LogP contribution in [0.1, 0.15) is 0 Å². The fraction of sp³-hybridized carbons (Fsp3) is 1.00. The largest absolute Gasteiger partial charge is 0.416 e. The molecule has 0 spiro atoms. The molecule has 2 nitrogen and oxygen atoms in total. The number of alkyl halides is 1. The van der Waals surface area contributed by atoms with Crippen molar-refractivity contribution in [3.05, 3.63) is 0 Å². The minimum atomic E-state index is -1.31. The molecule has 0 heterocycles. The molecule has 0 saturated heterocycles. The SMILES string of the molecule is COCC(I)CO[Si](C)(C)C. The summed E-state index contributed by atoms with van der Waals surface area (Å²) in [6.45, 7) is 8.20. The van der Waals surface area contributed by atoms with Crippen molar-refractivity contribution in [2.75, 3.05) is 20.3 Å². The molecule has 1 atom stereocenters. The van der Waals surface area contributed by atoms with E-state index in [9.17, 15) is 0 Å². The number of methoxy groups -OCH3 is 1. The Balaban J connectivity index is 3.38. The molecule has 4 heteroatoms. The van der Waals surface area contributed by atoms with Gasteiger partial charge in [0.2, 0.25) is 0 Å². The number of rotatable bonds is 5. The normalized spacial score (nSPS) is 15.0. The summed E-state index contributed by atoms with van der Waals surface area (Å²) in [4.78, 5) is 0.